The number of methoxy groups -OCH3 is 1. The van der Waals surface area contributed by atoms with E-state index in [4.69, 9.17) is 38.4 Å². The molecule has 0 bridgehead atoms. The number of hydrogen-bond donors (Lipinski definition) is 1. The smallest absolute Gasteiger partial charge is 0.345 e. The van der Waals surface area contributed by atoms with Crippen molar-refractivity contribution in [1.82, 2.24) is 9.38 Å². The van der Waals surface area contributed by atoms with Crippen LogP contribution in [0.3, 0.4) is 0 Å². The van der Waals surface area contributed by atoms with Crippen molar-refractivity contribution in [3.63, 3.8) is 0 Å². The third kappa shape index (κ3) is 3.95. The standard InChI is InChI=1S/C27H15Cl2N5O3/c1-36-23-10-14(6-9-22(23)37-27(35)16-8-7-15(28)11-19(16)29)24-17(12-30)25(32)34-21-5-3-2-4-20(21)33-26(34)18(24)13-31/h2-11H,32H2,1H3. The van der Waals surface area contributed by atoms with Crippen molar-refractivity contribution in [3.8, 4) is 34.8 Å². The number of aromatic nitrogens is 2. The van der Waals surface area contributed by atoms with E-state index in [2.05, 4.69) is 17.1 Å². The summed E-state index contributed by atoms with van der Waals surface area (Å²) in [6, 6.07) is 20.6. The van der Waals surface area contributed by atoms with E-state index in [1.165, 1.54) is 31.4 Å². The summed E-state index contributed by atoms with van der Waals surface area (Å²) in [5.74, 6) is -0.263. The van der Waals surface area contributed by atoms with Crippen molar-refractivity contribution in [2.24, 2.45) is 0 Å². The molecular weight excluding hydrogens is 513 g/mol. The number of imidazole rings is 1. The average Bonchev–Trinajstić information content (AvgIpc) is 3.28. The predicted octanol–water partition coefficient (Wildman–Crippen LogP) is 6.01. The van der Waals surface area contributed by atoms with Gasteiger partial charge in [-0.2, -0.15) is 10.5 Å². The molecule has 0 fully saturated rings. The quantitative estimate of drug-likeness (QED) is 0.223. The SMILES string of the molecule is COc1cc(-c2c(C#N)c(N)n3c(nc4ccccc43)c2C#N)ccc1OC(=O)c1ccc(Cl)cc1Cl. The summed E-state index contributed by atoms with van der Waals surface area (Å²) in [5.41, 5.74) is 9.20. The van der Waals surface area contributed by atoms with E-state index in [9.17, 15) is 15.3 Å². The van der Waals surface area contributed by atoms with Gasteiger partial charge < -0.3 is 15.2 Å². The van der Waals surface area contributed by atoms with E-state index in [1.54, 1.807) is 22.6 Å². The molecule has 3 aromatic carbocycles. The van der Waals surface area contributed by atoms with Crippen LogP contribution in [-0.2, 0) is 0 Å². The lowest BCUT2D eigenvalue weighted by molar-refractivity contribution is 0.0730. The number of nitrogen functional groups attached to an aromatic ring is 1. The Balaban J connectivity index is 1.66. The molecule has 8 nitrogen and oxygen atoms in total. The van der Waals surface area contributed by atoms with Gasteiger partial charge in [0.1, 0.15) is 29.1 Å². The van der Waals surface area contributed by atoms with E-state index in [0.717, 1.165) is 0 Å². The first kappa shape index (κ1) is 24.0. The monoisotopic (exact) mass is 527 g/mol. The average molecular weight is 528 g/mol. The fourth-order valence-corrected chi connectivity index (χ4v) is 4.62. The molecular formula is C27H15Cl2N5O3. The van der Waals surface area contributed by atoms with E-state index in [-0.39, 0.29) is 39.0 Å². The van der Waals surface area contributed by atoms with Crippen LogP contribution in [0.4, 0.5) is 5.82 Å². The number of nitrogens with zero attached hydrogens (tertiary/aromatic N) is 4. The van der Waals surface area contributed by atoms with Gasteiger partial charge in [0, 0.05) is 10.6 Å². The van der Waals surface area contributed by atoms with E-state index < -0.39 is 5.97 Å². The van der Waals surface area contributed by atoms with Crippen LogP contribution in [-0.4, -0.2) is 22.5 Å². The maximum Gasteiger partial charge on any atom is 0.345 e. The highest BCUT2D eigenvalue weighted by atomic mass is 35.5. The number of ether oxygens (including phenoxy) is 2. The lowest BCUT2D eigenvalue weighted by atomic mass is 9.96. The summed E-state index contributed by atoms with van der Waals surface area (Å²) < 4.78 is 12.6. The fraction of sp³-hybridized carbons (Fsp3) is 0.0370. The van der Waals surface area contributed by atoms with Crippen molar-refractivity contribution in [2.45, 2.75) is 0 Å². The zero-order valence-corrected chi connectivity index (χ0v) is 20.6. The zero-order chi connectivity index (χ0) is 26.3. The van der Waals surface area contributed by atoms with Crippen LogP contribution >= 0.6 is 23.2 Å². The first-order chi connectivity index (χ1) is 17.9. The van der Waals surface area contributed by atoms with Crippen LogP contribution < -0.4 is 15.2 Å². The largest absolute Gasteiger partial charge is 0.493 e. The highest BCUT2D eigenvalue weighted by molar-refractivity contribution is 6.36. The minimum atomic E-state index is -0.710. The van der Waals surface area contributed by atoms with Gasteiger partial charge in [-0.1, -0.05) is 41.4 Å². The fourth-order valence-electron chi connectivity index (χ4n) is 4.14. The minimum absolute atomic E-state index is 0.104. The molecule has 5 aromatic rings. The van der Waals surface area contributed by atoms with Gasteiger partial charge in [0.05, 0.1) is 28.7 Å². The summed E-state index contributed by atoms with van der Waals surface area (Å²) in [6.07, 6.45) is 0. The predicted molar refractivity (Wildman–Crippen MR) is 140 cm³/mol. The third-order valence-electron chi connectivity index (χ3n) is 5.81. The number of carbonyl (C=O) groups excluding carboxylic acids is 1. The van der Waals surface area contributed by atoms with Crippen LogP contribution in [0, 0.1) is 22.7 Å². The highest BCUT2D eigenvalue weighted by Gasteiger charge is 2.24. The molecule has 0 aliphatic rings. The summed E-state index contributed by atoms with van der Waals surface area (Å²) in [7, 11) is 1.40. The minimum Gasteiger partial charge on any atom is -0.493 e. The number of fused-ring (bicyclic) bond motifs is 3. The molecule has 0 saturated heterocycles. The normalized spacial score (nSPS) is 10.7. The molecule has 2 aromatic heterocycles. The van der Waals surface area contributed by atoms with Gasteiger partial charge >= 0.3 is 5.97 Å². The zero-order valence-electron chi connectivity index (χ0n) is 19.1. The highest BCUT2D eigenvalue weighted by Crippen LogP contribution is 2.39. The number of nitrogens with two attached hydrogens (primary N) is 1. The Morgan fingerprint density at radius 2 is 1.76 bits per heavy atom. The molecule has 0 saturated carbocycles. The molecule has 0 aliphatic carbocycles. The van der Waals surface area contributed by atoms with Crippen molar-refractivity contribution < 1.29 is 14.3 Å². The van der Waals surface area contributed by atoms with E-state index in [0.29, 0.717) is 32.8 Å². The summed E-state index contributed by atoms with van der Waals surface area (Å²) in [4.78, 5) is 17.3. The molecule has 0 radical (unpaired) electrons. The van der Waals surface area contributed by atoms with Gasteiger partial charge in [-0.15, -0.1) is 0 Å². The molecule has 10 heteroatoms. The Kier molecular flexibility index (Phi) is 6.06. The van der Waals surface area contributed by atoms with Gasteiger partial charge in [0.25, 0.3) is 0 Å². The van der Waals surface area contributed by atoms with E-state index >= 15 is 0 Å². The van der Waals surface area contributed by atoms with Crippen LogP contribution in [0.15, 0.2) is 60.7 Å². The van der Waals surface area contributed by atoms with Gasteiger partial charge in [-0.3, -0.25) is 4.40 Å². The maximum absolute atomic E-state index is 12.7. The number of carbonyl (C=O) groups is 1. The number of nitriles is 2. The second kappa shape index (κ2) is 9.36. The summed E-state index contributed by atoms with van der Waals surface area (Å²) in [5, 5.41) is 20.7. The van der Waals surface area contributed by atoms with Gasteiger partial charge in [0.2, 0.25) is 0 Å². The number of hydrogen-bond acceptors (Lipinski definition) is 7. The van der Waals surface area contributed by atoms with Crippen LogP contribution in [0.2, 0.25) is 10.0 Å². The second-order valence-electron chi connectivity index (χ2n) is 7.87. The van der Waals surface area contributed by atoms with Crippen LogP contribution in [0.5, 0.6) is 11.5 Å². The molecule has 37 heavy (non-hydrogen) atoms. The number of rotatable bonds is 4. The van der Waals surface area contributed by atoms with Crippen molar-refractivity contribution in [3.05, 3.63) is 87.4 Å². The lowest BCUT2D eigenvalue weighted by Crippen LogP contribution is -2.10. The maximum atomic E-state index is 12.7. The Labute approximate surface area is 220 Å². The number of halogens is 2. The summed E-state index contributed by atoms with van der Waals surface area (Å²) >= 11 is 12.0. The molecule has 0 amide bonds. The Hall–Kier alpha value is -4.76. The van der Waals surface area contributed by atoms with Crippen molar-refractivity contribution in [1.29, 1.82) is 10.5 Å². The number of benzene rings is 3. The van der Waals surface area contributed by atoms with Crippen molar-refractivity contribution >= 4 is 51.7 Å². The molecule has 2 heterocycles. The van der Waals surface area contributed by atoms with Gasteiger partial charge in [-0.05, 0) is 48.0 Å². The van der Waals surface area contributed by atoms with Gasteiger partial charge in [-0.25, -0.2) is 9.78 Å². The van der Waals surface area contributed by atoms with E-state index in [1.807, 2.05) is 18.2 Å². The molecule has 0 spiro atoms. The Bertz CT molecular complexity index is 1830. The molecule has 0 atom stereocenters. The molecule has 180 valence electrons. The first-order valence-corrected chi connectivity index (χ1v) is 11.5. The lowest BCUT2D eigenvalue weighted by Gasteiger charge is -2.15. The molecule has 0 aliphatic heterocycles. The Morgan fingerprint density at radius 1 is 1.00 bits per heavy atom. The van der Waals surface area contributed by atoms with Gasteiger partial charge in [0.15, 0.2) is 17.1 Å². The number of anilines is 1. The number of esters is 1. The number of pyridine rings is 1. The van der Waals surface area contributed by atoms with Crippen LogP contribution in [0.25, 0.3) is 27.8 Å². The third-order valence-corrected chi connectivity index (χ3v) is 6.36. The molecule has 2 N–H and O–H groups in total. The Morgan fingerprint density at radius 3 is 2.46 bits per heavy atom. The van der Waals surface area contributed by atoms with Crippen molar-refractivity contribution in [2.75, 3.05) is 12.8 Å². The topological polar surface area (TPSA) is 126 Å². The first-order valence-electron chi connectivity index (χ1n) is 10.8. The molecule has 5 rings (SSSR count). The number of para-hydroxylation sites is 2. The second-order valence-corrected chi connectivity index (χ2v) is 8.72. The summed E-state index contributed by atoms with van der Waals surface area (Å²) in [6.45, 7) is 0. The van der Waals surface area contributed by atoms with Crippen LogP contribution in [0.1, 0.15) is 21.5 Å². The molecule has 0 unspecified atom stereocenters.